The van der Waals surface area contributed by atoms with Crippen molar-refractivity contribution in [3.63, 3.8) is 0 Å². The fraction of sp³-hybridized carbons (Fsp3) is 0.583. The van der Waals surface area contributed by atoms with Crippen molar-refractivity contribution in [2.75, 3.05) is 6.61 Å². The molecule has 2 aromatic rings. The molecule has 0 bridgehead atoms. The van der Waals surface area contributed by atoms with Crippen LogP contribution in [0.4, 0.5) is 0 Å². The van der Waals surface area contributed by atoms with Crippen LogP contribution in [-0.2, 0) is 6.54 Å². The Balaban J connectivity index is 2.26. The van der Waals surface area contributed by atoms with Crippen LogP contribution in [0.2, 0.25) is 0 Å². The molecule has 3 N–H and O–H groups in total. The SMILES string of the molecule is Cc1nc(C)c2ncn(C[C@H](O)[C@H](O)CCO)c2n1. The third kappa shape index (κ3) is 2.89. The number of rotatable bonds is 5. The molecule has 2 atom stereocenters. The second-order valence-electron chi connectivity index (χ2n) is 4.57. The van der Waals surface area contributed by atoms with Gasteiger partial charge >= 0.3 is 0 Å². The summed E-state index contributed by atoms with van der Waals surface area (Å²) >= 11 is 0. The molecule has 7 heteroatoms. The molecule has 0 unspecified atom stereocenters. The molecule has 0 saturated carbocycles. The first-order valence-corrected chi connectivity index (χ1v) is 6.16. The molecule has 0 aliphatic carbocycles. The second-order valence-corrected chi connectivity index (χ2v) is 4.57. The Morgan fingerprint density at radius 3 is 2.63 bits per heavy atom. The molecule has 2 aromatic heterocycles. The van der Waals surface area contributed by atoms with Crippen molar-refractivity contribution in [3.8, 4) is 0 Å². The predicted octanol–water partition coefficient (Wildman–Crippen LogP) is -0.453. The van der Waals surface area contributed by atoms with E-state index in [4.69, 9.17) is 5.11 Å². The quantitative estimate of drug-likeness (QED) is 0.677. The maximum Gasteiger partial charge on any atom is 0.163 e. The summed E-state index contributed by atoms with van der Waals surface area (Å²) in [4.78, 5) is 12.7. The molecule has 104 valence electrons. The van der Waals surface area contributed by atoms with Crippen molar-refractivity contribution < 1.29 is 15.3 Å². The van der Waals surface area contributed by atoms with Gasteiger partial charge in [0.05, 0.1) is 30.8 Å². The van der Waals surface area contributed by atoms with Crippen molar-refractivity contribution in [2.45, 2.75) is 39.0 Å². The number of hydrogen-bond donors (Lipinski definition) is 3. The van der Waals surface area contributed by atoms with Gasteiger partial charge in [0.25, 0.3) is 0 Å². The van der Waals surface area contributed by atoms with Crippen LogP contribution in [0, 0.1) is 13.8 Å². The van der Waals surface area contributed by atoms with Gasteiger partial charge in [-0.2, -0.15) is 0 Å². The summed E-state index contributed by atoms with van der Waals surface area (Å²) in [5.74, 6) is 0.636. The second kappa shape index (κ2) is 5.60. The summed E-state index contributed by atoms with van der Waals surface area (Å²) in [6, 6.07) is 0. The van der Waals surface area contributed by atoms with Gasteiger partial charge in [-0.1, -0.05) is 0 Å². The zero-order valence-corrected chi connectivity index (χ0v) is 11.0. The largest absolute Gasteiger partial charge is 0.396 e. The molecular weight excluding hydrogens is 248 g/mol. The average molecular weight is 266 g/mol. The third-order valence-corrected chi connectivity index (χ3v) is 3.00. The van der Waals surface area contributed by atoms with Crippen molar-refractivity contribution >= 4 is 11.2 Å². The monoisotopic (exact) mass is 266 g/mol. The maximum atomic E-state index is 9.87. The highest BCUT2D eigenvalue weighted by Crippen LogP contribution is 2.14. The van der Waals surface area contributed by atoms with Gasteiger partial charge in [0.1, 0.15) is 11.3 Å². The smallest absolute Gasteiger partial charge is 0.163 e. The number of aliphatic hydroxyl groups is 3. The van der Waals surface area contributed by atoms with E-state index in [1.807, 2.05) is 6.92 Å². The highest BCUT2D eigenvalue weighted by atomic mass is 16.3. The highest BCUT2D eigenvalue weighted by molar-refractivity contribution is 5.73. The first-order valence-electron chi connectivity index (χ1n) is 6.16. The lowest BCUT2D eigenvalue weighted by Crippen LogP contribution is -2.31. The van der Waals surface area contributed by atoms with Crippen LogP contribution >= 0.6 is 0 Å². The maximum absolute atomic E-state index is 9.87. The molecule has 0 radical (unpaired) electrons. The van der Waals surface area contributed by atoms with E-state index in [9.17, 15) is 10.2 Å². The molecule has 0 spiro atoms. The van der Waals surface area contributed by atoms with E-state index in [2.05, 4.69) is 15.0 Å². The van der Waals surface area contributed by atoms with E-state index in [0.29, 0.717) is 17.0 Å². The van der Waals surface area contributed by atoms with E-state index < -0.39 is 12.2 Å². The van der Waals surface area contributed by atoms with Gasteiger partial charge < -0.3 is 19.9 Å². The van der Waals surface area contributed by atoms with E-state index in [-0.39, 0.29) is 19.6 Å². The fourth-order valence-corrected chi connectivity index (χ4v) is 2.00. The fourth-order valence-electron chi connectivity index (χ4n) is 2.00. The summed E-state index contributed by atoms with van der Waals surface area (Å²) in [6.45, 7) is 3.66. The number of aromatic nitrogens is 4. The molecule has 0 aliphatic rings. The zero-order valence-electron chi connectivity index (χ0n) is 11.0. The predicted molar refractivity (Wildman–Crippen MR) is 68.5 cm³/mol. The normalized spacial score (nSPS) is 14.8. The van der Waals surface area contributed by atoms with Crippen LogP contribution < -0.4 is 0 Å². The van der Waals surface area contributed by atoms with E-state index >= 15 is 0 Å². The van der Waals surface area contributed by atoms with Crippen LogP contribution in [-0.4, -0.2) is 53.7 Å². The van der Waals surface area contributed by atoms with Gasteiger partial charge in [0, 0.05) is 6.61 Å². The lowest BCUT2D eigenvalue weighted by atomic mass is 10.1. The van der Waals surface area contributed by atoms with Crippen molar-refractivity contribution in [3.05, 3.63) is 17.8 Å². The lowest BCUT2D eigenvalue weighted by Gasteiger charge is -2.17. The number of nitrogens with zero attached hydrogens (tertiary/aromatic N) is 4. The molecule has 0 aliphatic heterocycles. The van der Waals surface area contributed by atoms with E-state index in [0.717, 1.165) is 5.69 Å². The minimum atomic E-state index is -0.972. The van der Waals surface area contributed by atoms with Crippen LogP contribution in [0.15, 0.2) is 6.33 Å². The summed E-state index contributed by atoms with van der Waals surface area (Å²) in [6.07, 6.45) is -0.228. The van der Waals surface area contributed by atoms with Crippen molar-refractivity contribution in [2.24, 2.45) is 0 Å². The molecule has 0 aromatic carbocycles. The van der Waals surface area contributed by atoms with E-state index in [1.165, 1.54) is 0 Å². The number of imidazole rings is 1. The molecule has 0 saturated heterocycles. The van der Waals surface area contributed by atoms with Gasteiger partial charge in [-0.3, -0.25) is 0 Å². The van der Waals surface area contributed by atoms with Crippen molar-refractivity contribution in [1.29, 1.82) is 0 Å². The number of fused-ring (bicyclic) bond motifs is 1. The first kappa shape index (κ1) is 13.9. The van der Waals surface area contributed by atoms with E-state index in [1.54, 1.807) is 17.8 Å². The van der Waals surface area contributed by atoms with Crippen molar-refractivity contribution in [1.82, 2.24) is 19.5 Å². The number of aliphatic hydroxyl groups excluding tert-OH is 3. The zero-order chi connectivity index (χ0) is 14.0. The molecule has 7 nitrogen and oxygen atoms in total. The highest BCUT2D eigenvalue weighted by Gasteiger charge is 2.18. The molecule has 0 amide bonds. The Morgan fingerprint density at radius 2 is 1.95 bits per heavy atom. The van der Waals surface area contributed by atoms with Crippen LogP contribution in [0.1, 0.15) is 17.9 Å². The van der Waals surface area contributed by atoms with Gasteiger partial charge in [0.2, 0.25) is 0 Å². The molecule has 0 fully saturated rings. The Kier molecular flexibility index (Phi) is 4.08. The van der Waals surface area contributed by atoms with Gasteiger partial charge in [-0.15, -0.1) is 0 Å². The molecule has 19 heavy (non-hydrogen) atoms. The Hall–Kier alpha value is -1.57. The average Bonchev–Trinajstić information content (AvgIpc) is 2.73. The summed E-state index contributed by atoms with van der Waals surface area (Å²) in [5, 5.41) is 28.2. The van der Waals surface area contributed by atoms with Crippen LogP contribution in [0.25, 0.3) is 11.2 Å². The van der Waals surface area contributed by atoms with Gasteiger partial charge in [-0.25, -0.2) is 15.0 Å². The molecular formula is C12H18N4O3. The first-order chi connectivity index (χ1) is 9.02. The molecule has 2 heterocycles. The summed E-state index contributed by atoms with van der Waals surface area (Å²) < 4.78 is 1.68. The summed E-state index contributed by atoms with van der Waals surface area (Å²) in [5.41, 5.74) is 2.11. The minimum Gasteiger partial charge on any atom is -0.396 e. The third-order valence-electron chi connectivity index (χ3n) is 3.00. The Morgan fingerprint density at radius 1 is 1.21 bits per heavy atom. The van der Waals surface area contributed by atoms with Crippen LogP contribution in [0.3, 0.4) is 0 Å². The van der Waals surface area contributed by atoms with Gasteiger partial charge in [0.15, 0.2) is 5.65 Å². The summed E-state index contributed by atoms with van der Waals surface area (Å²) in [7, 11) is 0. The Labute approximate surface area is 110 Å². The Bertz CT molecular complexity index is 569. The standard InChI is InChI=1S/C12H18N4O3/c1-7-11-12(15-8(2)14-7)16(6-13-11)5-10(19)9(18)3-4-17/h6,9-10,17-19H,3-5H2,1-2H3/t9-,10+/m1/s1. The minimum absolute atomic E-state index is 0.140. The lowest BCUT2D eigenvalue weighted by molar-refractivity contribution is -0.00298. The number of hydrogen-bond acceptors (Lipinski definition) is 6. The topological polar surface area (TPSA) is 104 Å². The van der Waals surface area contributed by atoms with Gasteiger partial charge in [-0.05, 0) is 20.3 Å². The van der Waals surface area contributed by atoms with Crippen LogP contribution in [0.5, 0.6) is 0 Å². The molecule has 2 rings (SSSR count). The number of aryl methyl sites for hydroxylation is 2.